The van der Waals surface area contributed by atoms with Gasteiger partial charge in [0.25, 0.3) is 0 Å². The molecular weight excluding hydrogens is 513 g/mol. The Bertz CT molecular complexity index is 1300. The van der Waals surface area contributed by atoms with Gasteiger partial charge in [-0.2, -0.15) is 0 Å². The number of sulfone groups is 1. The summed E-state index contributed by atoms with van der Waals surface area (Å²) in [5.41, 5.74) is 0.428. The Morgan fingerprint density at radius 2 is 1.43 bits per heavy atom. The molecule has 0 saturated carbocycles. The van der Waals surface area contributed by atoms with E-state index in [9.17, 15) is 26.4 Å². The van der Waals surface area contributed by atoms with E-state index in [-0.39, 0.29) is 27.7 Å². The first-order valence-electron chi connectivity index (χ1n) is 11.2. The van der Waals surface area contributed by atoms with Crippen LogP contribution < -0.4 is 14.2 Å². The van der Waals surface area contributed by atoms with Gasteiger partial charge in [0.1, 0.15) is 23.0 Å². The molecule has 0 aliphatic rings. The van der Waals surface area contributed by atoms with Crippen molar-refractivity contribution in [2.24, 2.45) is 0 Å². The summed E-state index contributed by atoms with van der Waals surface area (Å²) in [5.74, 6) is -0.0883. The van der Waals surface area contributed by atoms with Crippen molar-refractivity contribution in [3.63, 3.8) is 0 Å². The van der Waals surface area contributed by atoms with Crippen LogP contribution in [0.15, 0.2) is 76.5 Å². The third-order valence-electron chi connectivity index (χ3n) is 5.02. The van der Waals surface area contributed by atoms with Crippen molar-refractivity contribution in [2.45, 2.75) is 42.3 Å². The van der Waals surface area contributed by atoms with Crippen LogP contribution in [0, 0.1) is 0 Å². The minimum Gasteiger partial charge on any atom is -0.494 e. The predicted molar refractivity (Wildman–Crippen MR) is 128 cm³/mol. The maximum Gasteiger partial charge on any atom is 0.573 e. The summed E-state index contributed by atoms with van der Waals surface area (Å²) in [6.07, 6.45) is -3.25. The fourth-order valence-corrected chi connectivity index (χ4v) is 4.56. The normalized spacial score (nSPS) is 11.6. The van der Waals surface area contributed by atoms with Crippen molar-refractivity contribution < 1.29 is 45.3 Å². The Kier molecular flexibility index (Phi) is 9.04. The van der Waals surface area contributed by atoms with E-state index < -0.39 is 27.9 Å². The third kappa shape index (κ3) is 8.14. The highest BCUT2D eigenvalue weighted by atomic mass is 32.2. The van der Waals surface area contributed by atoms with Crippen LogP contribution in [0.5, 0.6) is 23.0 Å². The van der Waals surface area contributed by atoms with Crippen molar-refractivity contribution in [3.05, 3.63) is 72.3 Å². The number of hydrogen-bond donors (Lipinski definition) is 0. The SMILES string of the molecule is CCCCOc1cc(CC(=O)OC)cc(S(=O)(=O)c2ccc(Oc3ccc(OC(F)(F)F)cc3)cc2)c1. The number of carbonyl (C=O) groups is 1. The summed E-state index contributed by atoms with van der Waals surface area (Å²) in [6, 6.07) is 14.7. The second-order valence-electron chi connectivity index (χ2n) is 7.86. The molecule has 0 spiro atoms. The van der Waals surface area contributed by atoms with Gasteiger partial charge in [0.15, 0.2) is 0 Å². The van der Waals surface area contributed by atoms with Gasteiger partial charge in [0.2, 0.25) is 9.84 Å². The molecule has 3 aromatic rings. The molecule has 3 rings (SSSR count). The maximum atomic E-state index is 13.3. The molecule has 3 aromatic carbocycles. The first kappa shape index (κ1) is 27.9. The molecule has 7 nitrogen and oxygen atoms in total. The van der Waals surface area contributed by atoms with Crippen LogP contribution in [0.1, 0.15) is 25.3 Å². The third-order valence-corrected chi connectivity index (χ3v) is 6.77. The molecule has 0 heterocycles. The molecule has 0 fully saturated rings. The molecule has 0 aromatic heterocycles. The van der Waals surface area contributed by atoms with Gasteiger partial charge in [0.05, 0.1) is 29.9 Å². The molecule has 0 amide bonds. The lowest BCUT2D eigenvalue weighted by Crippen LogP contribution is -2.16. The fraction of sp³-hybridized carbons (Fsp3) is 0.269. The average molecular weight is 539 g/mol. The van der Waals surface area contributed by atoms with Gasteiger partial charge in [0, 0.05) is 0 Å². The Balaban J connectivity index is 1.81. The highest BCUT2D eigenvalue weighted by molar-refractivity contribution is 7.91. The summed E-state index contributed by atoms with van der Waals surface area (Å²) in [5, 5.41) is 0. The topological polar surface area (TPSA) is 88.1 Å². The standard InChI is InChI=1S/C26H25F3O7S/c1-3-4-13-34-22-14-18(16-25(30)33-2)15-24(17-22)37(31,32)23-11-9-20(10-12-23)35-19-5-7-21(8-6-19)36-26(27,28)29/h5-12,14-15,17H,3-4,13,16H2,1-2H3. The van der Waals surface area contributed by atoms with Crippen molar-refractivity contribution in [2.75, 3.05) is 13.7 Å². The van der Waals surface area contributed by atoms with Crippen molar-refractivity contribution in [1.82, 2.24) is 0 Å². The largest absolute Gasteiger partial charge is 0.573 e. The molecule has 0 aliphatic heterocycles. The average Bonchev–Trinajstić information content (AvgIpc) is 2.84. The molecule has 0 N–H and O–H groups in total. The predicted octanol–water partition coefficient (Wildman–Crippen LogP) is 6.10. The van der Waals surface area contributed by atoms with E-state index in [1.165, 1.54) is 55.6 Å². The number of alkyl halides is 3. The molecule has 198 valence electrons. The van der Waals surface area contributed by atoms with Gasteiger partial charge in [-0.1, -0.05) is 13.3 Å². The smallest absolute Gasteiger partial charge is 0.494 e. The number of hydrogen-bond acceptors (Lipinski definition) is 7. The maximum absolute atomic E-state index is 13.3. The number of ether oxygens (including phenoxy) is 4. The van der Waals surface area contributed by atoms with Gasteiger partial charge < -0.3 is 18.9 Å². The number of esters is 1. The lowest BCUT2D eigenvalue weighted by atomic mass is 10.1. The molecule has 11 heteroatoms. The first-order valence-corrected chi connectivity index (χ1v) is 12.7. The summed E-state index contributed by atoms with van der Waals surface area (Å²) < 4.78 is 83.3. The van der Waals surface area contributed by atoms with Gasteiger partial charge in [-0.25, -0.2) is 8.42 Å². The quantitative estimate of drug-likeness (QED) is 0.215. The van der Waals surface area contributed by atoms with Gasteiger partial charge in [-0.15, -0.1) is 13.2 Å². The highest BCUT2D eigenvalue weighted by Gasteiger charge is 2.31. The van der Waals surface area contributed by atoms with E-state index in [2.05, 4.69) is 4.74 Å². The second-order valence-corrected chi connectivity index (χ2v) is 9.81. The number of carbonyl (C=O) groups excluding carboxylic acids is 1. The number of rotatable bonds is 11. The Morgan fingerprint density at radius 3 is 2.00 bits per heavy atom. The Hall–Kier alpha value is -3.73. The Morgan fingerprint density at radius 1 is 0.838 bits per heavy atom. The van der Waals surface area contributed by atoms with E-state index in [4.69, 9.17) is 14.2 Å². The molecule has 0 radical (unpaired) electrons. The van der Waals surface area contributed by atoms with E-state index in [1.54, 1.807) is 6.07 Å². The first-order chi connectivity index (χ1) is 17.5. The Labute approximate surface area is 212 Å². The highest BCUT2D eigenvalue weighted by Crippen LogP contribution is 2.30. The summed E-state index contributed by atoms with van der Waals surface area (Å²) in [6.45, 7) is 2.39. The number of benzene rings is 3. The van der Waals surface area contributed by atoms with Crippen LogP contribution in [0.4, 0.5) is 13.2 Å². The number of unbranched alkanes of at least 4 members (excludes halogenated alkanes) is 1. The minimum atomic E-state index is -4.80. The van der Waals surface area contributed by atoms with Crippen LogP contribution >= 0.6 is 0 Å². The van der Waals surface area contributed by atoms with Crippen molar-refractivity contribution in [1.29, 1.82) is 0 Å². The van der Waals surface area contributed by atoms with Crippen LogP contribution in [0.2, 0.25) is 0 Å². The minimum absolute atomic E-state index is 0.0245. The van der Waals surface area contributed by atoms with Gasteiger partial charge in [-0.3, -0.25) is 4.79 Å². The summed E-state index contributed by atoms with van der Waals surface area (Å²) in [7, 11) is -2.73. The van der Waals surface area contributed by atoms with E-state index in [0.29, 0.717) is 17.9 Å². The lowest BCUT2D eigenvalue weighted by Gasteiger charge is -2.12. The zero-order valence-electron chi connectivity index (χ0n) is 20.1. The fourth-order valence-electron chi connectivity index (χ4n) is 3.21. The number of halogens is 3. The van der Waals surface area contributed by atoms with Gasteiger partial charge >= 0.3 is 12.3 Å². The molecule has 0 unspecified atom stereocenters. The molecule has 37 heavy (non-hydrogen) atoms. The molecule has 0 saturated heterocycles. The number of methoxy groups -OCH3 is 1. The zero-order chi connectivity index (χ0) is 27.1. The van der Waals surface area contributed by atoms with E-state index in [1.807, 2.05) is 6.92 Å². The summed E-state index contributed by atoms with van der Waals surface area (Å²) >= 11 is 0. The molecule has 0 atom stereocenters. The van der Waals surface area contributed by atoms with Crippen LogP contribution in [-0.2, 0) is 25.8 Å². The lowest BCUT2D eigenvalue weighted by molar-refractivity contribution is -0.274. The summed E-state index contributed by atoms with van der Waals surface area (Å²) in [4.78, 5) is 11.7. The van der Waals surface area contributed by atoms with Crippen molar-refractivity contribution in [3.8, 4) is 23.0 Å². The van der Waals surface area contributed by atoms with E-state index >= 15 is 0 Å². The second kappa shape index (κ2) is 12.0. The monoisotopic (exact) mass is 538 g/mol. The molecular formula is C26H25F3O7S. The van der Waals surface area contributed by atoms with Crippen LogP contribution in [-0.4, -0.2) is 34.5 Å². The zero-order valence-corrected chi connectivity index (χ0v) is 20.9. The molecule has 0 bridgehead atoms. The van der Waals surface area contributed by atoms with Gasteiger partial charge in [-0.05, 0) is 78.7 Å². The van der Waals surface area contributed by atoms with E-state index in [0.717, 1.165) is 25.0 Å². The van der Waals surface area contributed by atoms with Crippen molar-refractivity contribution >= 4 is 15.8 Å². The van der Waals surface area contributed by atoms with Crippen LogP contribution in [0.3, 0.4) is 0 Å². The van der Waals surface area contributed by atoms with Crippen LogP contribution in [0.25, 0.3) is 0 Å². The molecule has 0 aliphatic carbocycles.